The molecule has 0 fully saturated rings. The molecule has 1 amide bonds. The smallest absolute Gasteiger partial charge is 0.226 e. The van der Waals surface area contributed by atoms with Gasteiger partial charge in [-0.1, -0.05) is 35.1 Å². The highest BCUT2D eigenvalue weighted by Crippen LogP contribution is 2.28. The molecule has 0 saturated heterocycles. The summed E-state index contributed by atoms with van der Waals surface area (Å²) in [7, 11) is -3.27. The lowest BCUT2D eigenvalue weighted by atomic mass is 10.1. The van der Waals surface area contributed by atoms with Crippen LogP contribution in [-0.2, 0) is 21.1 Å². The van der Waals surface area contributed by atoms with E-state index < -0.39 is 9.84 Å². The van der Waals surface area contributed by atoms with E-state index >= 15 is 0 Å². The highest BCUT2D eigenvalue weighted by molar-refractivity contribution is 7.90. The van der Waals surface area contributed by atoms with Crippen LogP contribution in [0, 0.1) is 0 Å². The average molecular weight is 395 g/mol. The standard InChI is InChI=1S/C17H15ClN2O3S2/c1-25(22,23)13-6-7-14-15(10-13)24-17(19-14)20-16(21)8-5-11-3-2-4-12(18)9-11/h2-4,6-7,9-10H,5,8H2,1H3,(H,19,20,21). The predicted molar refractivity (Wildman–Crippen MR) is 101 cm³/mol. The van der Waals surface area contributed by atoms with Crippen molar-refractivity contribution in [1.29, 1.82) is 0 Å². The predicted octanol–water partition coefficient (Wildman–Crippen LogP) is 3.92. The lowest BCUT2D eigenvalue weighted by Crippen LogP contribution is -2.12. The van der Waals surface area contributed by atoms with Gasteiger partial charge in [-0.3, -0.25) is 4.79 Å². The van der Waals surface area contributed by atoms with Crippen molar-refractivity contribution in [2.24, 2.45) is 0 Å². The first-order valence-corrected chi connectivity index (χ1v) is 10.5. The number of carbonyl (C=O) groups is 1. The summed E-state index contributed by atoms with van der Waals surface area (Å²) in [5, 5.41) is 3.86. The molecule has 0 bridgehead atoms. The Labute approximate surface area is 154 Å². The van der Waals surface area contributed by atoms with E-state index in [0.29, 0.717) is 33.2 Å². The third-order valence-corrected chi connectivity index (χ3v) is 5.84. The van der Waals surface area contributed by atoms with Crippen LogP contribution < -0.4 is 5.32 Å². The van der Waals surface area contributed by atoms with Gasteiger partial charge in [0.2, 0.25) is 5.91 Å². The number of aryl methyl sites for hydroxylation is 1. The monoisotopic (exact) mass is 394 g/mol. The van der Waals surface area contributed by atoms with Gasteiger partial charge in [0, 0.05) is 17.7 Å². The largest absolute Gasteiger partial charge is 0.302 e. The molecule has 25 heavy (non-hydrogen) atoms. The quantitative estimate of drug-likeness (QED) is 0.711. The van der Waals surface area contributed by atoms with Crippen molar-refractivity contribution in [1.82, 2.24) is 4.98 Å². The van der Waals surface area contributed by atoms with E-state index in [1.54, 1.807) is 18.2 Å². The van der Waals surface area contributed by atoms with Crippen LogP contribution in [0.15, 0.2) is 47.4 Å². The van der Waals surface area contributed by atoms with Crippen LogP contribution in [0.5, 0.6) is 0 Å². The normalized spacial score (nSPS) is 11.6. The maximum Gasteiger partial charge on any atom is 0.226 e. The Morgan fingerprint density at radius 2 is 2.04 bits per heavy atom. The molecule has 3 aromatic rings. The zero-order valence-corrected chi connectivity index (χ0v) is 15.7. The number of amides is 1. The van der Waals surface area contributed by atoms with Crippen LogP contribution in [0.25, 0.3) is 10.2 Å². The minimum Gasteiger partial charge on any atom is -0.302 e. The van der Waals surface area contributed by atoms with Gasteiger partial charge in [-0.05, 0) is 42.3 Å². The fourth-order valence-corrected chi connectivity index (χ4v) is 4.18. The van der Waals surface area contributed by atoms with Crippen LogP contribution >= 0.6 is 22.9 Å². The average Bonchev–Trinajstić information content (AvgIpc) is 2.93. The highest BCUT2D eigenvalue weighted by atomic mass is 35.5. The number of hydrogen-bond acceptors (Lipinski definition) is 5. The number of thiazole rings is 1. The van der Waals surface area contributed by atoms with Gasteiger partial charge in [0.05, 0.1) is 15.1 Å². The van der Waals surface area contributed by atoms with Gasteiger partial charge < -0.3 is 5.32 Å². The Morgan fingerprint density at radius 3 is 2.76 bits per heavy atom. The van der Waals surface area contributed by atoms with Gasteiger partial charge in [-0.25, -0.2) is 13.4 Å². The van der Waals surface area contributed by atoms with Gasteiger partial charge >= 0.3 is 0 Å². The van der Waals surface area contributed by atoms with E-state index in [0.717, 1.165) is 11.8 Å². The highest BCUT2D eigenvalue weighted by Gasteiger charge is 2.12. The number of hydrogen-bond donors (Lipinski definition) is 1. The van der Waals surface area contributed by atoms with E-state index in [2.05, 4.69) is 10.3 Å². The van der Waals surface area contributed by atoms with Crippen LogP contribution in [0.4, 0.5) is 5.13 Å². The third kappa shape index (κ3) is 4.56. The number of sulfone groups is 1. The van der Waals surface area contributed by atoms with Crippen molar-refractivity contribution in [2.75, 3.05) is 11.6 Å². The molecule has 0 atom stereocenters. The molecule has 2 aromatic carbocycles. The van der Waals surface area contributed by atoms with Crippen LogP contribution in [0.3, 0.4) is 0 Å². The van der Waals surface area contributed by atoms with Gasteiger partial charge in [0.1, 0.15) is 0 Å². The second-order valence-corrected chi connectivity index (χ2v) is 9.08. The number of aromatic nitrogens is 1. The van der Waals surface area contributed by atoms with Gasteiger partial charge in [-0.15, -0.1) is 0 Å². The summed E-state index contributed by atoms with van der Waals surface area (Å²) >= 11 is 7.18. The van der Waals surface area contributed by atoms with E-state index in [1.807, 2.05) is 18.2 Å². The van der Waals surface area contributed by atoms with Crippen molar-refractivity contribution in [3.63, 3.8) is 0 Å². The number of carbonyl (C=O) groups excluding carboxylic acids is 1. The Bertz CT molecular complexity index is 1040. The number of fused-ring (bicyclic) bond motifs is 1. The molecular weight excluding hydrogens is 380 g/mol. The van der Waals surface area contributed by atoms with Gasteiger partial charge in [0.15, 0.2) is 15.0 Å². The molecule has 3 rings (SSSR count). The summed E-state index contributed by atoms with van der Waals surface area (Å²) in [5.41, 5.74) is 1.65. The molecule has 0 aliphatic carbocycles. The Kier molecular flexibility index (Phi) is 5.08. The van der Waals surface area contributed by atoms with E-state index in [-0.39, 0.29) is 10.8 Å². The van der Waals surface area contributed by atoms with Gasteiger partial charge in [0.25, 0.3) is 0 Å². The van der Waals surface area contributed by atoms with E-state index in [9.17, 15) is 13.2 Å². The first kappa shape index (κ1) is 17.8. The second kappa shape index (κ2) is 7.11. The number of nitrogens with one attached hydrogen (secondary N) is 1. The minimum atomic E-state index is -3.27. The first-order valence-electron chi connectivity index (χ1n) is 7.46. The van der Waals surface area contributed by atoms with Crippen molar-refractivity contribution in [3.8, 4) is 0 Å². The van der Waals surface area contributed by atoms with Crippen LogP contribution in [0.1, 0.15) is 12.0 Å². The third-order valence-electron chi connectivity index (χ3n) is 3.56. The summed E-state index contributed by atoms with van der Waals surface area (Å²) in [6.07, 6.45) is 2.05. The molecule has 0 aliphatic heterocycles. The molecular formula is C17H15ClN2O3S2. The first-order chi connectivity index (χ1) is 11.8. The summed E-state index contributed by atoms with van der Waals surface area (Å²) in [6.45, 7) is 0. The van der Waals surface area contributed by atoms with E-state index in [1.165, 1.54) is 17.4 Å². The number of benzene rings is 2. The molecule has 1 heterocycles. The fourth-order valence-electron chi connectivity index (χ4n) is 2.32. The SMILES string of the molecule is CS(=O)(=O)c1ccc2nc(NC(=O)CCc3cccc(Cl)c3)sc2c1. The van der Waals surface area contributed by atoms with Crippen LogP contribution in [0.2, 0.25) is 5.02 Å². The molecule has 0 aliphatic rings. The number of nitrogens with zero attached hydrogens (tertiary/aromatic N) is 1. The number of anilines is 1. The van der Waals surface area contributed by atoms with Crippen molar-refractivity contribution >= 4 is 54.0 Å². The Hall–Kier alpha value is -1.96. The van der Waals surface area contributed by atoms with E-state index in [4.69, 9.17) is 11.6 Å². The zero-order valence-electron chi connectivity index (χ0n) is 13.3. The maximum absolute atomic E-state index is 12.1. The topological polar surface area (TPSA) is 76.1 Å². The molecule has 130 valence electrons. The summed E-state index contributed by atoms with van der Waals surface area (Å²) in [5.74, 6) is -0.151. The zero-order chi connectivity index (χ0) is 18.0. The molecule has 0 unspecified atom stereocenters. The number of halogens is 1. The Morgan fingerprint density at radius 1 is 1.24 bits per heavy atom. The van der Waals surface area contributed by atoms with Crippen molar-refractivity contribution in [3.05, 3.63) is 53.1 Å². The van der Waals surface area contributed by atoms with Crippen LogP contribution in [-0.4, -0.2) is 25.6 Å². The van der Waals surface area contributed by atoms with Crippen molar-refractivity contribution in [2.45, 2.75) is 17.7 Å². The Balaban J connectivity index is 1.69. The molecule has 1 aromatic heterocycles. The fraction of sp³-hybridized carbons (Fsp3) is 0.176. The second-order valence-electron chi connectivity index (χ2n) is 5.60. The molecule has 0 spiro atoms. The summed E-state index contributed by atoms with van der Waals surface area (Å²) in [4.78, 5) is 16.7. The van der Waals surface area contributed by atoms with Gasteiger partial charge in [-0.2, -0.15) is 0 Å². The molecule has 0 radical (unpaired) electrons. The summed E-state index contributed by atoms with van der Waals surface area (Å²) in [6, 6.07) is 12.1. The number of rotatable bonds is 5. The lowest BCUT2D eigenvalue weighted by Gasteiger charge is -2.02. The van der Waals surface area contributed by atoms with Crippen molar-refractivity contribution < 1.29 is 13.2 Å². The minimum absolute atomic E-state index is 0.151. The molecule has 1 N–H and O–H groups in total. The molecule has 8 heteroatoms. The molecule has 0 saturated carbocycles. The maximum atomic E-state index is 12.1. The summed E-state index contributed by atoms with van der Waals surface area (Å²) < 4.78 is 23.9. The molecule has 5 nitrogen and oxygen atoms in total. The lowest BCUT2D eigenvalue weighted by molar-refractivity contribution is -0.116.